The largest absolute Gasteiger partial charge is 0.0820 e. The Kier molecular flexibility index (Phi) is 8.51. The van der Waals surface area contributed by atoms with Crippen molar-refractivity contribution in [3.05, 3.63) is 12.2 Å². The van der Waals surface area contributed by atoms with Crippen molar-refractivity contribution >= 4 is 0 Å². The monoisotopic (exact) mass is 583 g/mol. The van der Waals surface area contributed by atoms with Gasteiger partial charge in [0, 0.05) is 0 Å². The molecule has 0 spiro atoms. The van der Waals surface area contributed by atoms with Gasteiger partial charge in [-0.2, -0.15) is 0 Å². The summed E-state index contributed by atoms with van der Waals surface area (Å²) in [5.41, 5.74) is 1.92. The standard InChI is InChI=1S/C42H78/c1-26(2)37(13,14)39(17,18)40(19,20)38(15,16)29-25-42(22,28(5)6)33-31(35(29,9)10)30-32(36(33,11)12)41(21,27(3)4)24-23-34(30,7)8/h23-24,26-33H,25H2,1-22H3. The highest BCUT2D eigenvalue weighted by molar-refractivity contribution is 5.28. The molecule has 0 aromatic rings. The fourth-order valence-corrected chi connectivity index (χ4v) is 12.5. The summed E-state index contributed by atoms with van der Waals surface area (Å²) in [6.07, 6.45) is 6.68. The molecule has 0 heteroatoms. The molecule has 0 radical (unpaired) electrons. The first-order valence-corrected chi connectivity index (χ1v) is 18.1. The number of allylic oxidation sites excluding steroid dienone is 2. The van der Waals surface area contributed by atoms with Gasteiger partial charge in [-0.15, -0.1) is 0 Å². The quantitative estimate of drug-likeness (QED) is 0.262. The van der Waals surface area contributed by atoms with Crippen molar-refractivity contribution < 1.29 is 0 Å². The van der Waals surface area contributed by atoms with E-state index >= 15 is 0 Å². The van der Waals surface area contributed by atoms with Crippen LogP contribution in [-0.4, -0.2) is 0 Å². The summed E-state index contributed by atoms with van der Waals surface area (Å²) in [6.45, 7) is 57.5. The van der Waals surface area contributed by atoms with Crippen LogP contribution >= 0.6 is 0 Å². The van der Waals surface area contributed by atoms with Gasteiger partial charge in [-0.1, -0.05) is 164 Å². The molecule has 0 aliphatic heterocycles. The summed E-state index contributed by atoms with van der Waals surface area (Å²) >= 11 is 0. The molecule has 7 atom stereocenters. The van der Waals surface area contributed by atoms with Gasteiger partial charge in [0.2, 0.25) is 0 Å². The fraction of sp³-hybridized carbons (Fsp3) is 0.952. The van der Waals surface area contributed by atoms with Crippen LogP contribution in [0.25, 0.3) is 0 Å². The Morgan fingerprint density at radius 2 is 1.05 bits per heavy atom. The predicted molar refractivity (Wildman–Crippen MR) is 188 cm³/mol. The highest BCUT2D eigenvalue weighted by atomic mass is 14.8. The molecule has 3 aliphatic rings. The zero-order valence-electron chi connectivity index (χ0n) is 33.0. The van der Waals surface area contributed by atoms with Gasteiger partial charge in [-0.25, -0.2) is 0 Å². The minimum absolute atomic E-state index is 0.141. The molecule has 2 fully saturated rings. The van der Waals surface area contributed by atoms with E-state index in [1.807, 2.05) is 0 Å². The summed E-state index contributed by atoms with van der Waals surface area (Å²) in [5.74, 6) is 5.33. The van der Waals surface area contributed by atoms with E-state index in [1.54, 1.807) is 0 Å². The van der Waals surface area contributed by atoms with Crippen LogP contribution in [0, 0.1) is 96.1 Å². The van der Waals surface area contributed by atoms with Gasteiger partial charge in [0.25, 0.3) is 0 Å². The zero-order valence-corrected chi connectivity index (χ0v) is 33.0. The topological polar surface area (TPSA) is 0 Å². The van der Waals surface area contributed by atoms with Gasteiger partial charge in [-0.05, 0) is 102 Å². The maximum Gasteiger partial charge on any atom is -0.00868 e. The van der Waals surface area contributed by atoms with Crippen LogP contribution in [0.3, 0.4) is 0 Å². The van der Waals surface area contributed by atoms with Crippen molar-refractivity contribution in [3.8, 4) is 0 Å². The highest BCUT2D eigenvalue weighted by Crippen LogP contribution is 2.80. The first kappa shape index (κ1) is 36.2. The molecule has 0 bridgehead atoms. The Labute approximate surface area is 266 Å². The summed E-state index contributed by atoms with van der Waals surface area (Å²) in [7, 11) is 0. The van der Waals surface area contributed by atoms with Crippen LogP contribution in [0.5, 0.6) is 0 Å². The number of hydrogen-bond acceptors (Lipinski definition) is 0. The van der Waals surface area contributed by atoms with Crippen molar-refractivity contribution in [2.24, 2.45) is 96.1 Å². The van der Waals surface area contributed by atoms with Crippen molar-refractivity contribution in [1.82, 2.24) is 0 Å². The van der Waals surface area contributed by atoms with Crippen molar-refractivity contribution in [3.63, 3.8) is 0 Å². The van der Waals surface area contributed by atoms with Crippen molar-refractivity contribution in [2.75, 3.05) is 0 Å². The Hall–Kier alpha value is -0.260. The molecule has 0 N–H and O–H groups in total. The van der Waals surface area contributed by atoms with E-state index in [-0.39, 0.29) is 43.3 Å². The smallest absolute Gasteiger partial charge is 0.00868 e. The molecule has 3 rings (SSSR count). The summed E-state index contributed by atoms with van der Waals surface area (Å²) in [5, 5.41) is 0. The maximum absolute atomic E-state index is 2.75. The molecule has 0 saturated heterocycles. The Morgan fingerprint density at radius 1 is 0.571 bits per heavy atom. The zero-order chi connectivity index (χ0) is 33.2. The van der Waals surface area contributed by atoms with Crippen LogP contribution in [0.1, 0.15) is 159 Å². The molecule has 0 aromatic heterocycles. The minimum atomic E-state index is 0.141. The lowest BCUT2D eigenvalue weighted by molar-refractivity contribution is -0.209. The molecular formula is C42H78. The predicted octanol–water partition coefficient (Wildman–Crippen LogP) is 13.2. The molecule has 3 aliphatic carbocycles. The highest BCUT2D eigenvalue weighted by Gasteiger charge is 2.75. The van der Waals surface area contributed by atoms with Gasteiger partial charge in [0.05, 0.1) is 0 Å². The first-order valence-electron chi connectivity index (χ1n) is 18.1. The summed E-state index contributed by atoms with van der Waals surface area (Å²) in [6, 6.07) is 0. The van der Waals surface area contributed by atoms with E-state index in [4.69, 9.17) is 0 Å². The molecule has 246 valence electrons. The molecular weight excluding hydrogens is 504 g/mol. The molecule has 2 saturated carbocycles. The van der Waals surface area contributed by atoms with Crippen LogP contribution in [0.2, 0.25) is 0 Å². The van der Waals surface area contributed by atoms with Crippen LogP contribution in [0.15, 0.2) is 12.2 Å². The minimum Gasteiger partial charge on any atom is -0.0820 e. The summed E-state index contributed by atoms with van der Waals surface area (Å²) < 4.78 is 0. The number of fused-ring (bicyclic) bond motifs is 3. The first-order chi connectivity index (χ1) is 18.4. The van der Waals surface area contributed by atoms with Crippen LogP contribution in [-0.2, 0) is 0 Å². The van der Waals surface area contributed by atoms with E-state index in [2.05, 4.69) is 164 Å². The van der Waals surface area contributed by atoms with E-state index in [0.717, 1.165) is 0 Å². The Balaban J connectivity index is 2.37. The average Bonchev–Trinajstić information content (AvgIpc) is 3.09. The second-order valence-corrected chi connectivity index (χ2v) is 21.6. The van der Waals surface area contributed by atoms with E-state index in [9.17, 15) is 0 Å². The molecule has 7 unspecified atom stereocenters. The van der Waals surface area contributed by atoms with Gasteiger partial charge < -0.3 is 0 Å². The fourth-order valence-electron chi connectivity index (χ4n) is 12.5. The van der Waals surface area contributed by atoms with Gasteiger partial charge in [0.15, 0.2) is 0 Å². The van der Waals surface area contributed by atoms with Crippen molar-refractivity contribution in [2.45, 2.75) is 159 Å². The molecule has 0 nitrogen and oxygen atoms in total. The Morgan fingerprint density at radius 3 is 1.45 bits per heavy atom. The lowest BCUT2D eigenvalue weighted by Crippen LogP contribution is -2.63. The third-order valence-corrected chi connectivity index (χ3v) is 17.9. The van der Waals surface area contributed by atoms with E-state index < -0.39 is 0 Å². The third-order valence-electron chi connectivity index (χ3n) is 17.9. The lowest BCUT2D eigenvalue weighted by Gasteiger charge is -2.69. The second kappa shape index (κ2) is 9.87. The maximum atomic E-state index is 2.75. The number of hydrogen-bond donors (Lipinski definition) is 0. The van der Waals surface area contributed by atoms with Crippen LogP contribution in [0.4, 0.5) is 0 Å². The molecule has 0 amide bonds. The van der Waals surface area contributed by atoms with Crippen molar-refractivity contribution in [1.29, 1.82) is 0 Å². The van der Waals surface area contributed by atoms with Crippen LogP contribution < -0.4 is 0 Å². The van der Waals surface area contributed by atoms with E-state index in [0.29, 0.717) is 52.8 Å². The number of rotatable bonds is 7. The second-order valence-electron chi connectivity index (χ2n) is 21.6. The molecule has 0 aromatic carbocycles. The lowest BCUT2D eigenvalue weighted by atomic mass is 9.35. The van der Waals surface area contributed by atoms with Gasteiger partial charge >= 0.3 is 0 Å². The van der Waals surface area contributed by atoms with E-state index in [1.165, 1.54) is 6.42 Å². The normalized spacial score (nSPS) is 38.3. The van der Waals surface area contributed by atoms with Gasteiger partial charge in [-0.3, -0.25) is 0 Å². The summed E-state index contributed by atoms with van der Waals surface area (Å²) in [4.78, 5) is 0. The SMILES string of the molecule is CC(C)C1(C)C=CC(C)(C)C2C3C(C(C)(C)C21)C(C)(C(C)C)CC(C(C)(C)C(C)(C)C(C)(C)C(C)(C)C(C)C)C3(C)C. The molecule has 0 heterocycles. The third kappa shape index (κ3) is 4.38. The van der Waals surface area contributed by atoms with Gasteiger partial charge in [0.1, 0.15) is 0 Å². The molecule has 42 heavy (non-hydrogen) atoms. The average molecular weight is 583 g/mol. The Bertz CT molecular complexity index is 1040.